The van der Waals surface area contributed by atoms with Crippen molar-refractivity contribution in [1.29, 1.82) is 0 Å². The average molecular weight is 357 g/mol. The minimum Gasteiger partial charge on any atom is -0.507 e. The third-order valence-electron chi connectivity index (χ3n) is 3.85. The van der Waals surface area contributed by atoms with Gasteiger partial charge < -0.3 is 19.5 Å². The highest BCUT2D eigenvalue weighted by atomic mass is 16.5. The maximum atomic E-state index is 10.1. The highest BCUT2D eigenvalue weighted by molar-refractivity contribution is 5.84. The minimum atomic E-state index is 0.112. The molecule has 1 aliphatic rings. The summed E-state index contributed by atoms with van der Waals surface area (Å²) in [6.45, 7) is 5.65. The number of anilines is 2. The molecular weight excluding hydrogens is 334 g/mol. The molecule has 1 aromatic carbocycles. The number of nitrogens with one attached hydrogen (secondary N) is 1. The Morgan fingerprint density at radius 2 is 2.15 bits per heavy atom. The molecule has 2 N–H and O–H groups in total. The fourth-order valence-electron chi connectivity index (χ4n) is 2.48. The Morgan fingerprint density at radius 1 is 1.31 bits per heavy atom. The number of aromatic nitrogens is 2. The van der Waals surface area contributed by atoms with E-state index in [-0.39, 0.29) is 5.75 Å². The maximum absolute atomic E-state index is 10.1. The predicted octanol–water partition coefficient (Wildman–Crippen LogP) is 2.25. The van der Waals surface area contributed by atoms with Crippen LogP contribution in [0.1, 0.15) is 18.9 Å². The fraction of sp³-hybridized carbons (Fsp3) is 0.389. The van der Waals surface area contributed by atoms with Crippen molar-refractivity contribution in [1.82, 2.24) is 9.97 Å². The van der Waals surface area contributed by atoms with Crippen molar-refractivity contribution in [2.45, 2.75) is 13.3 Å². The first-order valence-corrected chi connectivity index (χ1v) is 8.66. The number of hydrogen-bond acceptors (Lipinski definition) is 8. The number of morpholine rings is 1. The third-order valence-corrected chi connectivity index (χ3v) is 3.85. The van der Waals surface area contributed by atoms with Crippen LogP contribution in [0.2, 0.25) is 0 Å². The van der Waals surface area contributed by atoms with Crippen molar-refractivity contribution < 1.29 is 14.6 Å². The van der Waals surface area contributed by atoms with Gasteiger partial charge >= 0.3 is 0 Å². The molecule has 26 heavy (non-hydrogen) atoms. The lowest BCUT2D eigenvalue weighted by Gasteiger charge is -2.27. The third kappa shape index (κ3) is 4.82. The van der Waals surface area contributed by atoms with Crippen LogP contribution in [0.5, 0.6) is 11.5 Å². The molecule has 138 valence electrons. The monoisotopic (exact) mass is 357 g/mol. The van der Waals surface area contributed by atoms with Crippen LogP contribution < -0.4 is 15.1 Å². The van der Waals surface area contributed by atoms with E-state index in [1.54, 1.807) is 18.2 Å². The SMILES string of the molecule is CCCOc1ccc(/C=N\Nc2cc(N3CCOCC3)ncn2)c(O)c1. The lowest BCUT2D eigenvalue weighted by Crippen LogP contribution is -2.36. The first kappa shape index (κ1) is 17.9. The van der Waals surface area contributed by atoms with E-state index in [9.17, 15) is 5.11 Å². The highest BCUT2D eigenvalue weighted by Crippen LogP contribution is 2.22. The number of aromatic hydroxyl groups is 1. The van der Waals surface area contributed by atoms with E-state index in [1.165, 1.54) is 12.5 Å². The molecule has 8 nitrogen and oxygen atoms in total. The fourth-order valence-corrected chi connectivity index (χ4v) is 2.48. The molecule has 0 unspecified atom stereocenters. The van der Waals surface area contributed by atoms with Gasteiger partial charge in [0.05, 0.1) is 26.0 Å². The zero-order valence-corrected chi connectivity index (χ0v) is 14.8. The normalized spacial score (nSPS) is 14.6. The van der Waals surface area contributed by atoms with E-state index < -0.39 is 0 Å². The van der Waals surface area contributed by atoms with E-state index in [2.05, 4.69) is 25.4 Å². The zero-order chi connectivity index (χ0) is 18.2. The van der Waals surface area contributed by atoms with E-state index in [4.69, 9.17) is 9.47 Å². The molecule has 0 bridgehead atoms. The number of phenolic OH excluding ortho intramolecular Hbond substituents is 1. The predicted molar refractivity (Wildman–Crippen MR) is 100 cm³/mol. The van der Waals surface area contributed by atoms with E-state index in [1.807, 2.05) is 13.0 Å². The molecular formula is C18H23N5O3. The summed E-state index contributed by atoms with van der Waals surface area (Å²) in [5.41, 5.74) is 3.45. The second-order valence-electron chi connectivity index (χ2n) is 5.80. The van der Waals surface area contributed by atoms with Gasteiger partial charge in [0, 0.05) is 30.8 Å². The average Bonchev–Trinajstić information content (AvgIpc) is 2.69. The van der Waals surface area contributed by atoms with Crippen LogP contribution in [0.15, 0.2) is 35.7 Å². The first-order chi connectivity index (χ1) is 12.8. The van der Waals surface area contributed by atoms with Gasteiger partial charge in [-0.15, -0.1) is 0 Å². The van der Waals surface area contributed by atoms with Crippen LogP contribution in [0.4, 0.5) is 11.6 Å². The molecule has 2 aromatic rings. The summed E-state index contributed by atoms with van der Waals surface area (Å²) in [5.74, 6) is 2.17. The molecule has 0 saturated carbocycles. The molecule has 0 amide bonds. The molecule has 8 heteroatoms. The van der Waals surface area contributed by atoms with Crippen molar-refractivity contribution in [3.8, 4) is 11.5 Å². The minimum absolute atomic E-state index is 0.112. The van der Waals surface area contributed by atoms with Crippen LogP contribution in [0, 0.1) is 0 Å². The van der Waals surface area contributed by atoms with Crippen molar-refractivity contribution in [3.05, 3.63) is 36.2 Å². The summed E-state index contributed by atoms with van der Waals surface area (Å²) >= 11 is 0. The number of benzene rings is 1. The van der Waals surface area contributed by atoms with Gasteiger partial charge in [0.25, 0.3) is 0 Å². The van der Waals surface area contributed by atoms with E-state index >= 15 is 0 Å². The summed E-state index contributed by atoms with van der Waals surface area (Å²) < 4.78 is 10.8. The van der Waals surface area contributed by atoms with Crippen molar-refractivity contribution in [2.24, 2.45) is 5.10 Å². The van der Waals surface area contributed by atoms with Crippen LogP contribution in [0.25, 0.3) is 0 Å². The van der Waals surface area contributed by atoms with Crippen LogP contribution in [-0.4, -0.2) is 54.2 Å². The van der Waals surface area contributed by atoms with Gasteiger partial charge in [0.15, 0.2) is 5.82 Å². The Balaban J connectivity index is 1.61. The highest BCUT2D eigenvalue weighted by Gasteiger charge is 2.12. The van der Waals surface area contributed by atoms with Crippen LogP contribution in [-0.2, 0) is 4.74 Å². The largest absolute Gasteiger partial charge is 0.507 e. The Hall–Kier alpha value is -2.87. The number of hydrazone groups is 1. The number of ether oxygens (including phenoxy) is 2. The quantitative estimate of drug-likeness (QED) is 0.580. The van der Waals surface area contributed by atoms with Gasteiger partial charge in [0.1, 0.15) is 23.6 Å². The molecule has 1 aromatic heterocycles. The van der Waals surface area contributed by atoms with Gasteiger partial charge in [-0.05, 0) is 18.6 Å². The van der Waals surface area contributed by atoms with Gasteiger partial charge in [-0.1, -0.05) is 6.92 Å². The molecule has 0 radical (unpaired) electrons. The van der Waals surface area contributed by atoms with Crippen molar-refractivity contribution in [3.63, 3.8) is 0 Å². The summed E-state index contributed by atoms with van der Waals surface area (Å²) in [7, 11) is 0. The Bertz CT molecular complexity index is 747. The van der Waals surface area contributed by atoms with Gasteiger partial charge in [0.2, 0.25) is 0 Å². The molecule has 2 heterocycles. The summed E-state index contributed by atoms with van der Waals surface area (Å²) in [6, 6.07) is 6.98. The maximum Gasteiger partial charge on any atom is 0.151 e. The summed E-state index contributed by atoms with van der Waals surface area (Å²) in [5, 5.41) is 14.2. The molecule has 0 atom stereocenters. The van der Waals surface area contributed by atoms with Crippen LogP contribution >= 0.6 is 0 Å². The number of phenols is 1. The molecule has 3 rings (SSSR count). The Morgan fingerprint density at radius 3 is 2.92 bits per heavy atom. The smallest absolute Gasteiger partial charge is 0.151 e. The molecule has 0 aliphatic carbocycles. The van der Waals surface area contributed by atoms with E-state index in [0.29, 0.717) is 37.0 Å². The number of rotatable bonds is 7. The Kier molecular flexibility index (Phi) is 6.21. The van der Waals surface area contributed by atoms with Crippen molar-refractivity contribution in [2.75, 3.05) is 43.2 Å². The standard InChI is InChI=1S/C18H23N5O3/c1-2-7-26-15-4-3-14(16(24)10-15)12-21-22-17-11-18(20-13-19-17)23-5-8-25-9-6-23/h3-4,10-13,24H,2,5-9H2,1H3,(H,19,20,22)/b21-12-. The second kappa shape index (κ2) is 9.00. The summed E-state index contributed by atoms with van der Waals surface area (Å²) in [4.78, 5) is 10.6. The van der Waals surface area contributed by atoms with Gasteiger partial charge in [-0.3, -0.25) is 5.43 Å². The van der Waals surface area contributed by atoms with Crippen molar-refractivity contribution >= 4 is 17.9 Å². The lowest BCUT2D eigenvalue weighted by molar-refractivity contribution is 0.122. The number of nitrogens with zero attached hydrogens (tertiary/aromatic N) is 4. The van der Waals surface area contributed by atoms with E-state index in [0.717, 1.165) is 25.3 Å². The number of hydrogen-bond donors (Lipinski definition) is 2. The second-order valence-corrected chi connectivity index (χ2v) is 5.80. The molecule has 1 saturated heterocycles. The van der Waals surface area contributed by atoms with Crippen LogP contribution in [0.3, 0.4) is 0 Å². The first-order valence-electron chi connectivity index (χ1n) is 8.66. The molecule has 1 fully saturated rings. The molecule has 1 aliphatic heterocycles. The Labute approximate surface area is 152 Å². The van der Waals surface area contributed by atoms with Gasteiger partial charge in [-0.25, -0.2) is 9.97 Å². The zero-order valence-electron chi connectivity index (χ0n) is 14.8. The topological polar surface area (TPSA) is 92.1 Å². The lowest BCUT2D eigenvalue weighted by atomic mass is 10.2. The van der Waals surface area contributed by atoms with Gasteiger partial charge in [-0.2, -0.15) is 5.10 Å². The summed E-state index contributed by atoms with van der Waals surface area (Å²) in [6.07, 6.45) is 3.95. The molecule has 0 spiro atoms.